The average Bonchev–Trinajstić information content (AvgIpc) is 2.37. The lowest BCUT2D eigenvalue weighted by atomic mass is 10.1. The van der Waals surface area contributed by atoms with Gasteiger partial charge in [-0.1, -0.05) is 12.1 Å². The lowest BCUT2D eigenvalue weighted by molar-refractivity contribution is -0.128. The van der Waals surface area contributed by atoms with Crippen molar-refractivity contribution in [3.63, 3.8) is 0 Å². The van der Waals surface area contributed by atoms with Crippen molar-refractivity contribution in [2.75, 3.05) is 20.8 Å². The highest BCUT2D eigenvalue weighted by molar-refractivity contribution is 5.79. The Hall–Kier alpha value is -1.75. The van der Waals surface area contributed by atoms with Crippen molar-refractivity contribution < 1.29 is 19.4 Å². The minimum atomic E-state index is -0.989. The van der Waals surface area contributed by atoms with Crippen LogP contribution in [-0.4, -0.2) is 37.9 Å². The molecule has 0 unspecified atom stereocenters. The van der Waals surface area contributed by atoms with E-state index in [1.165, 1.54) is 6.92 Å². The first-order chi connectivity index (χ1) is 8.60. The molecule has 0 radical (unpaired) electrons. The van der Waals surface area contributed by atoms with E-state index in [9.17, 15) is 4.79 Å². The van der Waals surface area contributed by atoms with Crippen molar-refractivity contribution in [3.05, 3.63) is 23.8 Å². The molecule has 5 heteroatoms. The van der Waals surface area contributed by atoms with Gasteiger partial charge in [-0.2, -0.15) is 0 Å². The summed E-state index contributed by atoms with van der Waals surface area (Å²) >= 11 is 0. The van der Waals surface area contributed by atoms with Gasteiger partial charge in [0.1, 0.15) is 6.10 Å². The number of aliphatic hydroxyl groups excluding tert-OH is 1. The number of hydrogen-bond acceptors (Lipinski definition) is 4. The number of methoxy groups -OCH3 is 2. The van der Waals surface area contributed by atoms with E-state index in [4.69, 9.17) is 14.6 Å². The molecule has 1 amide bonds. The molecule has 0 heterocycles. The molecule has 0 saturated heterocycles. The Morgan fingerprint density at radius 1 is 1.39 bits per heavy atom. The third-order valence-electron chi connectivity index (χ3n) is 2.56. The summed E-state index contributed by atoms with van der Waals surface area (Å²) in [4.78, 5) is 11.2. The van der Waals surface area contributed by atoms with Gasteiger partial charge < -0.3 is 19.9 Å². The van der Waals surface area contributed by atoms with Crippen molar-refractivity contribution in [1.82, 2.24) is 5.32 Å². The minimum Gasteiger partial charge on any atom is -0.493 e. The quantitative estimate of drug-likeness (QED) is 0.785. The van der Waals surface area contributed by atoms with Crippen molar-refractivity contribution in [2.45, 2.75) is 19.4 Å². The second-order valence-electron chi connectivity index (χ2n) is 3.87. The maximum atomic E-state index is 11.2. The summed E-state index contributed by atoms with van der Waals surface area (Å²) in [7, 11) is 3.16. The lowest BCUT2D eigenvalue weighted by Gasteiger charge is -2.13. The zero-order valence-corrected chi connectivity index (χ0v) is 10.9. The second-order valence-corrected chi connectivity index (χ2v) is 3.87. The Morgan fingerprint density at radius 3 is 2.67 bits per heavy atom. The molecule has 5 nitrogen and oxygen atoms in total. The van der Waals surface area contributed by atoms with Crippen molar-refractivity contribution in [3.8, 4) is 11.5 Å². The Bertz CT molecular complexity index is 404. The Kier molecular flexibility index (Phi) is 5.45. The first-order valence-corrected chi connectivity index (χ1v) is 5.75. The summed E-state index contributed by atoms with van der Waals surface area (Å²) in [6.45, 7) is 1.87. The van der Waals surface area contributed by atoms with Gasteiger partial charge in [0.05, 0.1) is 14.2 Å². The normalized spacial score (nSPS) is 11.8. The number of ether oxygens (including phenoxy) is 2. The fourth-order valence-corrected chi connectivity index (χ4v) is 1.62. The molecule has 2 N–H and O–H groups in total. The fourth-order valence-electron chi connectivity index (χ4n) is 1.62. The van der Waals surface area contributed by atoms with Crippen LogP contribution in [0, 0.1) is 0 Å². The lowest BCUT2D eigenvalue weighted by Crippen LogP contribution is -2.33. The number of rotatable bonds is 6. The molecule has 0 aliphatic rings. The molecule has 1 rings (SSSR count). The van der Waals surface area contributed by atoms with Gasteiger partial charge in [0.2, 0.25) is 5.91 Å². The molecule has 0 aliphatic carbocycles. The molecule has 1 atom stereocenters. The highest BCUT2D eigenvalue weighted by Crippen LogP contribution is 2.30. The van der Waals surface area contributed by atoms with E-state index in [2.05, 4.69) is 5.32 Å². The van der Waals surface area contributed by atoms with E-state index in [0.717, 1.165) is 5.56 Å². The van der Waals surface area contributed by atoms with Crippen LogP contribution in [0.2, 0.25) is 0 Å². The number of carbonyl (C=O) groups excluding carboxylic acids is 1. The zero-order valence-electron chi connectivity index (χ0n) is 10.9. The van der Waals surface area contributed by atoms with Gasteiger partial charge in [-0.05, 0) is 25.0 Å². The SMILES string of the molecule is COc1cccc(CCNC(=O)[C@H](C)O)c1OC. The monoisotopic (exact) mass is 253 g/mol. The van der Waals surface area contributed by atoms with Crippen molar-refractivity contribution >= 4 is 5.91 Å². The molecule has 0 bridgehead atoms. The first kappa shape index (κ1) is 14.3. The smallest absolute Gasteiger partial charge is 0.248 e. The topological polar surface area (TPSA) is 67.8 Å². The van der Waals surface area contributed by atoms with E-state index in [1.807, 2.05) is 18.2 Å². The van der Waals surface area contributed by atoms with Crippen LogP contribution in [0.3, 0.4) is 0 Å². The third kappa shape index (κ3) is 3.63. The molecule has 0 fully saturated rings. The number of aliphatic hydroxyl groups is 1. The van der Waals surface area contributed by atoms with Gasteiger partial charge in [0, 0.05) is 6.54 Å². The molecule has 0 aromatic heterocycles. The molecule has 1 aromatic rings. The average molecular weight is 253 g/mol. The first-order valence-electron chi connectivity index (χ1n) is 5.75. The van der Waals surface area contributed by atoms with Crippen LogP contribution in [0.4, 0.5) is 0 Å². The summed E-state index contributed by atoms with van der Waals surface area (Å²) in [5, 5.41) is 11.7. The summed E-state index contributed by atoms with van der Waals surface area (Å²) in [6.07, 6.45) is -0.379. The Labute approximate surface area is 107 Å². The van der Waals surface area contributed by atoms with Gasteiger partial charge in [-0.15, -0.1) is 0 Å². The van der Waals surface area contributed by atoms with E-state index in [1.54, 1.807) is 14.2 Å². The molecule has 100 valence electrons. The maximum Gasteiger partial charge on any atom is 0.248 e. The van der Waals surface area contributed by atoms with E-state index >= 15 is 0 Å². The van der Waals surface area contributed by atoms with Crippen LogP contribution < -0.4 is 14.8 Å². The highest BCUT2D eigenvalue weighted by atomic mass is 16.5. The van der Waals surface area contributed by atoms with Crippen LogP contribution in [-0.2, 0) is 11.2 Å². The van der Waals surface area contributed by atoms with Gasteiger partial charge in [-0.3, -0.25) is 4.79 Å². The van der Waals surface area contributed by atoms with Gasteiger partial charge in [-0.25, -0.2) is 0 Å². The van der Waals surface area contributed by atoms with E-state index in [0.29, 0.717) is 24.5 Å². The third-order valence-corrected chi connectivity index (χ3v) is 2.56. The van der Waals surface area contributed by atoms with Crippen LogP contribution in [0.25, 0.3) is 0 Å². The summed E-state index contributed by atoms with van der Waals surface area (Å²) in [5.41, 5.74) is 0.947. The number of benzene rings is 1. The van der Waals surface area contributed by atoms with Crippen LogP contribution in [0.1, 0.15) is 12.5 Å². The molecular weight excluding hydrogens is 234 g/mol. The number of amides is 1. The number of hydrogen-bond donors (Lipinski definition) is 2. The number of para-hydroxylation sites is 1. The van der Waals surface area contributed by atoms with Crippen molar-refractivity contribution in [2.24, 2.45) is 0 Å². The summed E-state index contributed by atoms with van der Waals surface area (Å²) < 4.78 is 10.5. The largest absolute Gasteiger partial charge is 0.493 e. The van der Waals surface area contributed by atoms with Gasteiger partial charge in [0.25, 0.3) is 0 Å². The predicted molar refractivity (Wildman–Crippen MR) is 67.9 cm³/mol. The zero-order chi connectivity index (χ0) is 13.5. The number of carbonyl (C=O) groups is 1. The van der Waals surface area contributed by atoms with Gasteiger partial charge in [0.15, 0.2) is 11.5 Å². The molecule has 18 heavy (non-hydrogen) atoms. The van der Waals surface area contributed by atoms with Crippen LogP contribution in [0.15, 0.2) is 18.2 Å². The van der Waals surface area contributed by atoms with Crippen molar-refractivity contribution in [1.29, 1.82) is 0 Å². The van der Waals surface area contributed by atoms with E-state index < -0.39 is 6.10 Å². The molecule has 1 aromatic carbocycles. The summed E-state index contributed by atoms with van der Waals surface area (Å²) in [5.74, 6) is 0.958. The van der Waals surface area contributed by atoms with Gasteiger partial charge >= 0.3 is 0 Å². The van der Waals surface area contributed by atoms with Crippen LogP contribution in [0.5, 0.6) is 11.5 Å². The molecule has 0 spiro atoms. The molecular formula is C13H19NO4. The second kappa shape index (κ2) is 6.86. The fraction of sp³-hybridized carbons (Fsp3) is 0.462. The number of nitrogens with one attached hydrogen (secondary N) is 1. The summed E-state index contributed by atoms with van der Waals surface area (Å²) in [6, 6.07) is 5.60. The Balaban J connectivity index is 2.64. The highest BCUT2D eigenvalue weighted by Gasteiger charge is 2.11. The maximum absolute atomic E-state index is 11.2. The minimum absolute atomic E-state index is 0.378. The van der Waals surface area contributed by atoms with Crippen LogP contribution >= 0.6 is 0 Å². The standard InChI is InChI=1S/C13H19NO4/c1-9(15)13(16)14-8-7-10-5-4-6-11(17-2)12(10)18-3/h4-6,9,15H,7-8H2,1-3H3,(H,14,16)/t9-/m0/s1. The van der Waals surface area contributed by atoms with E-state index in [-0.39, 0.29) is 5.91 Å². The Morgan fingerprint density at radius 2 is 2.11 bits per heavy atom. The molecule has 0 aliphatic heterocycles. The molecule has 0 saturated carbocycles. The predicted octanol–water partition coefficient (Wildman–Crippen LogP) is 0.743.